The van der Waals surface area contributed by atoms with Crippen LogP contribution in [0.1, 0.15) is 26.3 Å². The minimum absolute atomic E-state index is 0.0339. The van der Waals surface area contributed by atoms with E-state index in [0.29, 0.717) is 67.5 Å². The number of benzene rings is 4. The minimum Gasteiger partial charge on any atom is -0.494 e. The Morgan fingerprint density at radius 1 is 0.797 bits per heavy atom. The van der Waals surface area contributed by atoms with Crippen molar-refractivity contribution in [2.45, 2.75) is 13.1 Å². The lowest BCUT2D eigenvalue weighted by molar-refractivity contribution is -0.121. The second kappa shape index (κ2) is 15.4. The summed E-state index contributed by atoms with van der Waals surface area (Å²) in [5.41, 5.74) is 17.7. The molecule has 4 bridgehead atoms. The molecule has 3 aromatic heterocycles. The third-order valence-electron chi connectivity index (χ3n) is 9.59. The Labute approximate surface area is 332 Å². The molecule has 9 rings (SSSR count). The van der Waals surface area contributed by atoms with Gasteiger partial charge in [0.15, 0.2) is 11.5 Å². The number of amides is 2. The van der Waals surface area contributed by atoms with Crippen LogP contribution >= 0.6 is 0 Å². The van der Waals surface area contributed by atoms with Gasteiger partial charge in [-0.25, -0.2) is 19.9 Å². The first-order valence-electron chi connectivity index (χ1n) is 17.8. The number of hydrogen-bond acceptors (Lipinski definition) is 15. The summed E-state index contributed by atoms with van der Waals surface area (Å²) in [7, 11) is 4.37. The standard InChI is InChI=1S/C39H34N10O10/c1-42-45-37(58-18-50)22-7-5-19-16-25(22)36-44-30-28(11-9-24(34(41)52)32(30)55-3)49(36)13-12-48-27-10-8-23(33(40)51)31(54-2)29(27)43-35(48)21-6-4-20(57-15-14-56-19)17-26(21)38-46-47-39(53)59-38/h4-11,16-18,42H,12-15H2,1-3H3,(H2,40,51)(H2,41,52)(H,47,53)/b45-37-. The molecule has 0 fully saturated rings. The lowest BCUT2D eigenvalue weighted by Crippen LogP contribution is -2.15. The maximum atomic E-state index is 12.6. The number of imidazole rings is 2. The van der Waals surface area contributed by atoms with Gasteiger partial charge in [-0.2, -0.15) is 0 Å². The molecule has 20 heteroatoms. The van der Waals surface area contributed by atoms with Crippen molar-refractivity contribution in [3.05, 3.63) is 87.9 Å². The van der Waals surface area contributed by atoms with Gasteiger partial charge in [0, 0.05) is 36.8 Å². The number of ether oxygens (including phenoxy) is 5. The predicted molar refractivity (Wildman–Crippen MR) is 210 cm³/mol. The maximum absolute atomic E-state index is 12.6. The van der Waals surface area contributed by atoms with Crippen LogP contribution in [0.25, 0.3) is 56.3 Å². The fourth-order valence-corrected chi connectivity index (χ4v) is 7.13. The molecule has 0 saturated carbocycles. The van der Waals surface area contributed by atoms with Crippen LogP contribution in [0.3, 0.4) is 0 Å². The molecule has 7 aromatic rings. The molecule has 0 aliphatic carbocycles. The normalized spacial score (nSPS) is 12.8. The van der Waals surface area contributed by atoms with Gasteiger partial charge in [0.25, 0.3) is 18.3 Å². The third-order valence-corrected chi connectivity index (χ3v) is 9.59. The monoisotopic (exact) mass is 802 g/mol. The summed E-state index contributed by atoms with van der Waals surface area (Å²) in [5.74, 6) is -0.523. The van der Waals surface area contributed by atoms with E-state index in [1.165, 1.54) is 14.2 Å². The number of rotatable bonds is 8. The molecule has 0 unspecified atom stereocenters. The Kier molecular flexibility index (Phi) is 9.86. The van der Waals surface area contributed by atoms with Gasteiger partial charge < -0.3 is 54.1 Å². The Hall–Kier alpha value is -8.16. The molecule has 4 aromatic carbocycles. The fraction of sp³-hybridized carbons (Fsp3) is 0.179. The van der Waals surface area contributed by atoms with Crippen LogP contribution in [0.15, 0.2) is 75.0 Å². The molecule has 0 spiro atoms. The zero-order valence-electron chi connectivity index (χ0n) is 31.6. The van der Waals surface area contributed by atoms with Crippen molar-refractivity contribution in [1.82, 2.24) is 34.7 Å². The minimum atomic E-state index is -0.776. The van der Waals surface area contributed by atoms with Gasteiger partial charge >= 0.3 is 5.76 Å². The van der Waals surface area contributed by atoms with Crippen molar-refractivity contribution in [3.63, 3.8) is 0 Å². The highest BCUT2D eigenvalue weighted by atomic mass is 16.5. The van der Waals surface area contributed by atoms with Gasteiger partial charge in [-0.3, -0.25) is 14.4 Å². The summed E-state index contributed by atoms with van der Waals surface area (Å²) >= 11 is 0. The van der Waals surface area contributed by atoms with Crippen LogP contribution in [0.5, 0.6) is 23.0 Å². The second-order valence-electron chi connectivity index (χ2n) is 12.8. The summed E-state index contributed by atoms with van der Waals surface area (Å²) in [4.78, 5) is 59.1. The van der Waals surface area contributed by atoms with Crippen molar-refractivity contribution in [1.29, 1.82) is 0 Å². The quantitative estimate of drug-likeness (QED) is 0.0745. The summed E-state index contributed by atoms with van der Waals surface area (Å²) in [6.45, 7) is 0.748. The number of primary amides is 2. The average molecular weight is 803 g/mol. The summed E-state index contributed by atoms with van der Waals surface area (Å²) in [5, 5.41) is 10.6. The molecule has 2 aliphatic heterocycles. The zero-order chi connectivity index (χ0) is 41.4. The second-order valence-corrected chi connectivity index (χ2v) is 12.8. The average Bonchev–Trinajstić information content (AvgIpc) is 3.95. The van der Waals surface area contributed by atoms with E-state index in [1.54, 1.807) is 67.7 Å². The van der Waals surface area contributed by atoms with Crippen molar-refractivity contribution in [2.75, 3.05) is 34.5 Å². The molecule has 0 atom stereocenters. The zero-order valence-corrected chi connectivity index (χ0v) is 31.6. The van der Waals surface area contributed by atoms with Crippen LogP contribution in [-0.2, 0) is 22.6 Å². The molecule has 59 heavy (non-hydrogen) atoms. The van der Waals surface area contributed by atoms with Gasteiger partial charge in [-0.05, 0) is 60.7 Å². The number of nitrogens with one attached hydrogen (secondary N) is 2. The van der Waals surface area contributed by atoms with E-state index in [9.17, 15) is 19.2 Å². The molecule has 6 N–H and O–H groups in total. The van der Waals surface area contributed by atoms with Crippen molar-refractivity contribution in [2.24, 2.45) is 16.6 Å². The third kappa shape index (κ3) is 6.66. The number of H-pyrrole nitrogens is 1. The molecule has 300 valence electrons. The van der Waals surface area contributed by atoms with E-state index in [0.717, 1.165) is 0 Å². The van der Waals surface area contributed by atoms with Gasteiger partial charge in [0.1, 0.15) is 47.4 Å². The highest BCUT2D eigenvalue weighted by Crippen LogP contribution is 2.40. The Morgan fingerprint density at radius 3 is 1.85 bits per heavy atom. The summed E-state index contributed by atoms with van der Waals surface area (Å²) < 4.78 is 38.2. The van der Waals surface area contributed by atoms with Crippen LogP contribution in [0.4, 0.5) is 0 Å². The smallest absolute Gasteiger partial charge is 0.434 e. The van der Waals surface area contributed by atoms with Crippen molar-refractivity contribution >= 4 is 46.3 Å². The van der Waals surface area contributed by atoms with E-state index in [4.69, 9.17) is 49.5 Å². The number of carbonyl (C=O) groups excluding carboxylic acids is 3. The molecular formula is C39H34N10O10. The SMILES string of the molecule is CN/N=C(\OC=O)c1ccc2cc1-c1nc3c(OC)c(C(N)=O)ccc3n1CCn1c(nc3c(OC)c(C(N)=O)ccc31)-c1ccc(cc1-c1n[nH]c(=O)o1)OCCO2. The highest BCUT2D eigenvalue weighted by Gasteiger charge is 2.27. The van der Waals surface area contributed by atoms with Gasteiger partial charge in [0.2, 0.25) is 11.8 Å². The van der Waals surface area contributed by atoms with Crippen LogP contribution in [0.2, 0.25) is 0 Å². The number of nitrogens with two attached hydrogens (primary N) is 2. The van der Waals surface area contributed by atoms with E-state index in [-0.39, 0.29) is 67.2 Å². The number of carbonyl (C=O) groups is 3. The van der Waals surface area contributed by atoms with E-state index in [2.05, 4.69) is 20.7 Å². The number of hydrogen-bond donors (Lipinski definition) is 4. The van der Waals surface area contributed by atoms with Gasteiger partial charge in [-0.15, -0.1) is 10.2 Å². The number of nitrogens with zero attached hydrogens (tertiary/aromatic N) is 6. The van der Waals surface area contributed by atoms with E-state index in [1.807, 2.05) is 9.13 Å². The van der Waals surface area contributed by atoms with Crippen LogP contribution < -0.4 is 41.6 Å². The molecule has 0 saturated heterocycles. The Bertz CT molecular complexity index is 2910. The lowest BCUT2D eigenvalue weighted by atomic mass is 10.1. The lowest BCUT2D eigenvalue weighted by Gasteiger charge is -2.16. The molecule has 2 aliphatic rings. The highest BCUT2D eigenvalue weighted by molar-refractivity contribution is 6.05. The maximum Gasteiger partial charge on any atom is 0.434 e. The summed E-state index contributed by atoms with van der Waals surface area (Å²) in [6.07, 6.45) is 0. The number of aromatic amines is 1. The number of hydrazone groups is 1. The number of methoxy groups -OCH3 is 2. The van der Waals surface area contributed by atoms with Gasteiger partial charge in [-0.1, -0.05) is 0 Å². The largest absolute Gasteiger partial charge is 0.494 e. The first-order valence-corrected chi connectivity index (χ1v) is 17.8. The van der Waals surface area contributed by atoms with E-state index < -0.39 is 17.6 Å². The molecular weight excluding hydrogens is 768 g/mol. The molecule has 20 nitrogen and oxygen atoms in total. The number of aryl methyl sites for hydroxylation is 2. The molecule has 2 amide bonds. The number of fused-ring (bicyclic) bond motifs is 8. The van der Waals surface area contributed by atoms with Gasteiger partial charge in [0.05, 0.1) is 41.9 Å². The fourth-order valence-electron chi connectivity index (χ4n) is 7.13. The predicted octanol–water partition coefficient (Wildman–Crippen LogP) is 2.80. The Balaban J connectivity index is 1.44. The number of aromatic nitrogens is 6. The Morgan fingerprint density at radius 2 is 1.34 bits per heavy atom. The first-order chi connectivity index (χ1) is 28.6. The molecule has 0 radical (unpaired) electrons. The summed E-state index contributed by atoms with van der Waals surface area (Å²) in [6, 6.07) is 16.7. The molecule has 5 heterocycles. The van der Waals surface area contributed by atoms with Crippen molar-refractivity contribution < 1.29 is 42.5 Å². The van der Waals surface area contributed by atoms with E-state index >= 15 is 0 Å². The van der Waals surface area contributed by atoms with Crippen LogP contribution in [-0.4, -0.2) is 88.0 Å². The first kappa shape index (κ1) is 37.7. The van der Waals surface area contributed by atoms with Crippen LogP contribution in [0, 0.1) is 0 Å². The topological polar surface area (TPSA) is 268 Å². The van der Waals surface area contributed by atoms with Crippen molar-refractivity contribution in [3.8, 4) is 57.2 Å².